The molecule has 1 aromatic rings. The minimum Gasteiger partial charge on any atom is -0.508 e. The van der Waals surface area contributed by atoms with Crippen LogP contribution < -0.4 is 0 Å². The highest BCUT2D eigenvalue weighted by molar-refractivity contribution is 5.79. The molecule has 0 atom stereocenters. The number of hydrogen-bond acceptors (Lipinski definition) is 2. The normalized spacial score (nSPS) is 18.7. The van der Waals surface area contributed by atoms with Crippen LogP contribution in [-0.4, -0.2) is 28.5 Å². The van der Waals surface area contributed by atoms with Crippen molar-refractivity contribution in [2.75, 3.05) is 6.54 Å². The van der Waals surface area contributed by atoms with Crippen LogP contribution in [0.2, 0.25) is 0 Å². The average molecular weight is 245 g/mol. The van der Waals surface area contributed by atoms with Gasteiger partial charge in [-0.2, -0.15) is 0 Å². The highest BCUT2D eigenvalue weighted by atomic mass is 16.3. The fourth-order valence-corrected chi connectivity index (χ4v) is 2.36. The smallest absolute Gasteiger partial charge is 0.227 e. The number of aromatic hydroxyl groups is 1. The molecule has 3 rings (SSSR count). The molecule has 0 unspecified atom stereocenters. The van der Waals surface area contributed by atoms with Gasteiger partial charge in [0.1, 0.15) is 5.75 Å². The molecule has 1 N–H and O–H groups in total. The van der Waals surface area contributed by atoms with Gasteiger partial charge >= 0.3 is 0 Å². The number of nitrogens with zero attached hydrogens (tertiary/aromatic N) is 1. The lowest BCUT2D eigenvalue weighted by Crippen LogP contribution is -2.36. The van der Waals surface area contributed by atoms with E-state index in [1.54, 1.807) is 18.2 Å². The van der Waals surface area contributed by atoms with Gasteiger partial charge in [0, 0.05) is 12.6 Å². The van der Waals surface area contributed by atoms with Crippen molar-refractivity contribution in [2.45, 2.75) is 38.1 Å². The number of amides is 1. The Kier molecular flexibility index (Phi) is 2.98. The Morgan fingerprint density at radius 3 is 2.67 bits per heavy atom. The molecule has 0 bridgehead atoms. The van der Waals surface area contributed by atoms with Crippen LogP contribution in [0, 0.1) is 5.92 Å². The first-order valence-corrected chi connectivity index (χ1v) is 6.80. The lowest BCUT2D eigenvalue weighted by atomic mass is 10.1. The summed E-state index contributed by atoms with van der Waals surface area (Å²) in [5, 5.41) is 9.42. The summed E-state index contributed by atoms with van der Waals surface area (Å²) in [5.41, 5.74) is 0.904. The Morgan fingerprint density at radius 2 is 2.06 bits per heavy atom. The monoisotopic (exact) mass is 245 g/mol. The molecule has 0 saturated heterocycles. The fraction of sp³-hybridized carbons (Fsp3) is 0.533. The lowest BCUT2D eigenvalue weighted by Gasteiger charge is -2.22. The van der Waals surface area contributed by atoms with E-state index in [0.29, 0.717) is 12.5 Å². The summed E-state index contributed by atoms with van der Waals surface area (Å²) in [6.07, 6.45) is 5.31. The first-order valence-electron chi connectivity index (χ1n) is 6.80. The molecule has 2 fully saturated rings. The van der Waals surface area contributed by atoms with Gasteiger partial charge in [0.05, 0.1) is 6.42 Å². The maximum absolute atomic E-state index is 12.3. The zero-order valence-electron chi connectivity index (χ0n) is 10.5. The Hall–Kier alpha value is -1.51. The molecule has 3 heteroatoms. The van der Waals surface area contributed by atoms with Gasteiger partial charge < -0.3 is 10.0 Å². The molecule has 0 heterocycles. The van der Waals surface area contributed by atoms with Crippen LogP contribution in [0.3, 0.4) is 0 Å². The molecule has 0 aromatic heterocycles. The van der Waals surface area contributed by atoms with Crippen molar-refractivity contribution in [1.82, 2.24) is 4.90 Å². The summed E-state index contributed by atoms with van der Waals surface area (Å²) < 4.78 is 0. The molecule has 0 spiro atoms. The van der Waals surface area contributed by atoms with E-state index in [-0.39, 0.29) is 11.7 Å². The Morgan fingerprint density at radius 1 is 1.28 bits per heavy atom. The molecule has 2 saturated carbocycles. The molecule has 0 aliphatic heterocycles. The maximum Gasteiger partial charge on any atom is 0.227 e. The van der Waals surface area contributed by atoms with Crippen molar-refractivity contribution in [2.24, 2.45) is 5.92 Å². The number of benzene rings is 1. The molecule has 2 aliphatic carbocycles. The standard InChI is InChI=1S/C15H19NO2/c17-14-3-1-2-12(8-14)9-15(18)16(13-6-7-13)10-11-4-5-11/h1-3,8,11,13,17H,4-7,9-10H2. The predicted octanol–water partition coefficient (Wildman–Crippen LogP) is 2.34. The van der Waals surface area contributed by atoms with Crippen LogP contribution >= 0.6 is 0 Å². The van der Waals surface area contributed by atoms with Crippen molar-refractivity contribution in [3.05, 3.63) is 29.8 Å². The number of carbonyl (C=O) groups excluding carboxylic acids is 1. The highest BCUT2D eigenvalue weighted by Crippen LogP contribution is 2.35. The summed E-state index contributed by atoms with van der Waals surface area (Å²) >= 11 is 0. The first-order chi connectivity index (χ1) is 8.72. The first kappa shape index (κ1) is 11.6. The van der Waals surface area contributed by atoms with E-state index in [2.05, 4.69) is 4.90 Å². The van der Waals surface area contributed by atoms with Crippen LogP contribution in [0.4, 0.5) is 0 Å². The second-order valence-corrected chi connectivity index (χ2v) is 5.57. The van der Waals surface area contributed by atoms with Crippen LogP contribution in [0.15, 0.2) is 24.3 Å². The third kappa shape index (κ3) is 2.84. The summed E-state index contributed by atoms with van der Waals surface area (Å²) in [4.78, 5) is 14.4. The molecular weight excluding hydrogens is 226 g/mol. The molecule has 1 amide bonds. The third-order valence-corrected chi connectivity index (χ3v) is 3.73. The van der Waals surface area contributed by atoms with Crippen molar-refractivity contribution in [3.8, 4) is 5.75 Å². The van der Waals surface area contributed by atoms with Gasteiger partial charge in [0.25, 0.3) is 0 Å². The van der Waals surface area contributed by atoms with Gasteiger partial charge in [0.2, 0.25) is 5.91 Å². The van der Waals surface area contributed by atoms with Gasteiger partial charge in [-0.25, -0.2) is 0 Å². The fourth-order valence-electron chi connectivity index (χ4n) is 2.36. The zero-order chi connectivity index (χ0) is 12.5. The van der Waals surface area contributed by atoms with Crippen LogP contribution in [0.25, 0.3) is 0 Å². The summed E-state index contributed by atoms with van der Waals surface area (Å²) in [6.45, 7) is 0.947. The number of phenolic OH excluding ortho intramolecular Hbond substituents is 1. The molecule has 0 radical (unpaired) electrons. The van der Waals surface area contributed by atoms with E-state index in [1.165, 1.54) is 25.7 Å². The minimum atomic E-state index is 0.218. The summed E-state index contributed by atoms with van der Waals surface area (Å²) in [5.74, 6) is 1.20. The number of phenols is 1. The van der Waals surface area contributed by atoms with Crippen LogP contribution in [-0.2, 0) is 11.2 Å². The molecule has 2 aliphatic rings. The van der Waals surface area contributed by atoms with E-state index in [0.717, 1.165) is 18.0 Å². The number of carbonyl (C=O) groups is 1. The van der Waals surface area contributed by atoms with E-state index in [1.807, 2.05) is 6.07 Å². The van der Waals surface area contributed by atoms with E-state index < -0.39 is 0 Å². The predicted molar refractivity (Wildman–Crippen MR) is 69.3 cm³/mol. The topological polar surface area (TPSA) is 40.5 Å². The van der Waals surface area contributed by atoms with E-state index in [9.17, 15) is 9.90 Å². The van der Waals surface area contributed by atoms with E-state index >= 15 is 0 Å². The zero-order valence-corrected chi connectivity index (χ0v) is 10.5. The quantitative estimate of drug-likeness (QED) is 0.865. The summed E-state index contributed by atoms with van der Waals surface area (Å²) in [7, 11) is 0. The summed E-state index contributed by atoms with van der Waals surface area (Å²) in [6, 6.07) is 7.51. The molecule has 1 aromatic carbocycles. The molecular formula is C15H19NO2. The van der Waals surface area contributed by atoms with Gasteiger partial charge in [0.15, 0.2) is 0 Å². The van der Waals surface area contributed by atoms with Crippen molar-refractivity contribution < 1.29 is 9.90 Å². The Balaban J connectivity index is 1.64. The van der Waals surface area contributed by atoms with E-state index in [4.69, 9.17) is 0 Å². The lowest BCUT2D eigenvalue weighted by molar-refractivity contribution is -0.131. The Labute approximate surface area is 107 Å². The Bertz CT molecular complexity index is 450. The van der Waals surface area contributed by atoms with Crippen molar-refractivity contribution in [1.29, 1.82) is 0 Å². The van der Waals surface area contributed by atoms with Gasteiger partial charge in [-0.3, -0.25) is 4.79 Å². The second-order valence-electron chi connectivity index (χ2n) is 5.57. The van der Waals surface area contributed by atoms with Crippen molar-refractivity contribution >= 4 is 5.91 Å². The van der Waals surface area contributed by atoms with Crippen LogP contribution in [0.1, 0.15) is 31.2 Å². The molecule has 3 nitrogen and oxygen atoms in total. The maximum atomic E-state index is 12.3. The van der Waals surface area contributed by atoms with Gasteiger partial charge in [-0.1, -0.05) is 12.1 Å². The van der Waals surface area contributed by atoms with Gasteiger partial charge in [-0.05, 0) is 49.3 Å². The SMILES string of the molecule is O=C(Cc1cccc(O)c1)N(CC1CC1)C1CC1. The van der Waals surface area contributed by atoms with Crippen LogP contribution in [0.5, 0.6) is 5.75 Å². The largest absolute Gasteiger partial charge is 0.508 e. The minimum absolute atomic E-state index is 0.218. The average Bonchev–Trinajstić information content (AvgIpc) is 3.19. The molecule has 18 heavy (non-hydrogen) atoms. The third-order valence-electron chi connectivity index (χ3n) is 3.73. The molecule has 96 valence electrons. The number of hydrogen-bond donors (Lipinski definition) is 1. The number of rotatable bonds is 5. The van der Waals surface area contributed by atoms with Crippen molar-refractivity contribution in [3.63, 3.8) is 0 Å². The van der Waals surface area contributed by atoms with Gasteiger partial charge in [-0.15, -0.1) is 0 Å². The second kappa shape index (κ2) is 4.63. The highest BCUT2D eigenvalue weighted by Gasteiger charge is 2.36.